The third-order valence-corrected chi connectivity index (χ3v) is 3.98. The lowest BCUT2D eigenvalue weighted by Crippen LogP contribution is -2.22. The number of fused-ring (bicyclic) bond motifs is 1. The minimum absolute atomic E-state index is 0.104. The molecule has 0 aliphatic heterocycles. The molecule has 1 heterocycles. The van der Waals surface area contributed by atoms with Crippen LogP contribution < -0.4 is 5.32 Å². The summed E-state index contributed by atoms with van der Waals surface area (Å²) < 4.78 is 5.75. The van der Waals surface area contributed by atoms with Gasteiger partial charge in [0.1, 0.15) is 5.52 Å². The fourth-order valence-corrected chi connectivity index (χ4v) is 2.64. The maximum absolute atomic E-state index is 12.3. The second-order valence-corrected chi connectivity index (χ2v) is 5.73. The molecule has 0 unspecified atom stereocenters. The minimum Gasteiger partial charge on any atom is -0.436 e. The third-order valence-electron chi connectivity index (χ3n) is 3.98. The van der Waals surface area contributed by atoms with E-state index in [4.69, 9.17) is 4.42 Å². The fraction of sp³-hybridized carbons (Fsp3) is 0.0476. The molecule has 0 atom stereocenters. The van der Waals surface area contributed by atoms with Gasteiger partial charge >= 0.3 is 0 Å². The molecule has 1 N–H and O–H groups in total. The normalized spacial score (nSPS) is 10.7. The summed E-state index contributed by atoms with van der Waals surface area (Å²) in [6, 6.07) is 24.7. The molecule has 4 heteroatoms. The quantitative estimate of drug-likeness (QED) is 0.603. The van der Waals surface area contributed by atoms with Crippen molar-refractivity contribution in [3.63, 3.8) is 0 Å². The van der Waals surface area contributed by atoms with Crippen LogP contribution in [0.1, 0.15) is 15.9 Å². The van der Waals surface area contributed by atoms with Crippen molar-refractivity contribution in [2.75, 3.05) is 0 Å². The highest BCUT2D eigenvalue weighted by atomic mass is 16.3. The molecule has 0 aliphatic carbocycles. The second kappa shape index (κ2) is 6.61. The number of hydrogen-bond acceptors (Lipinski definition) is 3. The van der Waals surface area contributed by atoms with Gasteiger partial charge in [0.05, 0.1) is 0 Å². The van der Waals surface area contributed by atoms with Crippen LogP contribution in [0.4, 0.5) is 0 Å². The molecule has 4 rings (SSSR count). The van der Waals surface area contributed by atoms with Gasteiger partial charge in [-0.25, -0.2) is 4.98 Å². The van der Waals surface area contributed by atoms with Gasteiger partial charge < -0.3 is 9.73 Å². The van der Waals surface area contributed by atoms with Crippen LogP contribution in [0.5, 0.6) is 0 Å². The Morgan fingerprint density at radius 3 is 2.36 bits per heavy atom. The second-order valence-electron chi connectivity index (χ2n) is 5.73. The first-order chi connectivity index (χ1) is 12.3. The molecule has 4 nitrogen and oxygen atoms in total. The van der Waals surface area contributed by atoms with Gasteiger partial charge in [-0.3, -0.25) is 4.79 Å². The fourth-order valence-electron chi connectivity index (χ4n) is 2.64. The number of rotatable bonds is 4. The van der Waals surface area contributed by atoms with Gasteiger partial charge in [-0.2, -0.15) is 0 Å². The van der Waals surface area contributed by atoms with Gasteiger partial charge in [-0.05, 0) is 42.0 Å². The van der Waals surface area contributed by atoms with Crippen LogP contribution >= 0.6 is 0 Å². The van der Waals surface area contributed by atoms with E-state index in [1.165, 1.54) is 0 Å². The molecule has 0 saturated heterocycles. The number of nitrogens with zero attached hydrogens (tertiary/aromatic N) is 1. The molecule has 3 aromatic carbocycles. The number of amides is 1. The Labute approximate surface area is 145 Å². The molecule has 0 spiro atoms. The van der Waals surface area contributed by atoms with Crippen molar-refractivity contribution in [1.82, 2.24) is 10.3 Å². The average molecular weight is 328 g/mol. The van der Waals surface area contributed by atoms with E-state index in [-0.39, 0.29) is 5.91 Å². The highest BCUT2D eigenvalue weighted by Gasteiger charge is 2.10. The lowest BCUT2D eigenvalue weighted by molar-refractivity contribution is 0.0951. The first-order valence-electron chi connectivity index (χ1n) is 8.08. The number of carbonyl (C=O) groups excluding carboxylic acids is 1. The van der Waals surface area contributed by atoms with Gasteiger partial charge in [0.25, 0.3) is 5.91 Å². The summed E-state index contributed by atoms with van der Waals surface area (Å²) in [5.74, 6) is 0.449. The molecule has 4 aromatic rings. The van der Waals surface area contributed by atoms with Crippen molar-refractivity contribution >= 4 is 17.0 Å². The highest BCUT2D eigenvalue weighted by Crippen LogP contribution is 2.24. The standard InChI is InChI=1S/C21H16N2O2/c24-20(22-14-15-6-2-1-3-7-15)16-10-12-17(13-11-16)21-23-18-8-4-5-9-19(18)25-21/h1-13H,14H2,(H,22,24). The van der Waals surface area contributed by atoms with Gasteiger partial charge in [-0.15, -0.1) is 0 Å². The first kappa shape index (κ1) is 15.1. The predicted molar refractivity (Wildman–Crippen MR) is 97.1 cm³/mol. The van der Waals surface area contributed by atoms with Crippen molar-refractivity contribution in [3.8, 4) is 11.5 Å². The monoisotopic (exact) mass is 328 g/mol. The molecule has 0 radical (unpaired) electrons. The highest BCUT2D eigenvalue weighted by molar-refractivity contribution is 5.94. The Balaban J connectivity index is 1.48. The van der Waals surface area contributed by atoms with E-state index in [9.17, 15) is 4.79 Å². The third kappa shape index (κ3) is 3.28. The number of para-hydroxylation sites is 2. The summed E-state index contributed by atoms with van der Waals surface area (Å²) in [4.78, 5) is 16.7. The van der Waals surface area contributed by atoms with Gasteiger partial charge in [0.2, 0.25) is 5.89 Å². The molecule has 1 aromatic heterocycles. The van der Waals surface area contributed by atoms with Crippen molar-refractivity contribution in [2.45, 2.75) is 6.54 Å². The maximum Gasteiger partial charge on any atom is 0.251 e. The molecule has 0 bridgehead atoms. The lowest BCUT2D eigenvalue weighted by atomic mass is 10.1. The SMILES string of the molecule is O=C(NCc1ccccc1)c1ccc(-c2nc3ccccc3o2)cc1. The van der Waals surface area contributed by atoms with Crippen LogP contribution in [0.25, 0.3) is 22.6 Å². The van der Waals surface area contributed by atoms with Crippen LogP contribution in [0, 0.1) is 0 Å². The van der Waals surface area contributed by atoms with E-state index in [0.29, 0.717) is 18.0 Å². The summed E-state index contributed by atoms with van der Waals surface area (Å²) in [6.45, 7) is 0.507. The minimum atomic E-state index is -0.104. The molecule has 0 aliphatic rings. The molecule has 0 saturated carbocycles. The lowest BCUT2D eigenvalue weighted by Gasteiger charge is -2.05. The number of aromatic nitrogens is 1. The van der Waals surface area contributed by atoms with E-state index in [1.54, 1.807) is 12.1 Å². The zero-order chi connectivity index (χ0) is 17.1. The topological polar surface area (TPSA) is 55.1 Å². The van der Waals surface area contributed by atoms with Crippen LogP contribution in [-0.2, 0) is 6.54 Å². The number of hydrogen-bond donors (Lipinski definition) is 1. The van der Waals surface area contributed by atoms with Gasteiger partial charge in [0.15, 0.2) is 5.58 Å². The van der Waals surface area contributed by atoms with Crippen molar-refractivity contribution in [2.24, 2.45) is 0 Å². The Morgan fingerprint density at radius 1 is 0.880 bits per heavy atom. The van der Waals surface area contributed by atoms with Gasteiger partial charge in [0, 0.05) is 17.7 Å². The van der Waals surface area contributed by atoms with Crippen molar-refractivity contribution in [1.29, 1.82) is 0 Å². The van der Waals surface area contributed by atoms with Crippen LogP contribution in [0.2, 0.25) is 0 Å². The number of oxazole rings is 1. The predicted octanol–water partition coefficient (Wildman–Crippen LogP) is 4.42. The summed E-state index contributed by atoms with van der Waals surface area (Å²) in [5.41, 5.74) is 4.09. The van der Waals surface area contributed by atoms with Crippen LogP contribution in [-0.4, -0.2) is 10.9 Å². The summed E-state index contributed by atoms with van der Waals surface area (Å²) in [5, 5.41) is 2.92. The zero-order valence-corrected chi connectivity index (χ0v) is 13.5. The Morgan fingerprint density at radius 2 is 1.60 bits per heavy atom. The van der Waals surface area contributed by atoms with Crippen molar-refractivity contribution < 1.29 is 9.21 Å². The molecular weight excluding hydrogens is 312 g/mol. The van der Waals surface area contributed by atoms with Crippen molar-refractivity contribution in [3.05, 3.63) is 90.0 Å². The molecule has 122 valence electrons. The Bertz CT molecular complexity index is 972. The number of carbonyl (C=O) groups is 1. The molecular formula is C21H16N2O2. The van der Waals surface area contributed by atoms with Crippen LogP contribution in [0.3, 0.4) is 0 Å². The average Bonchev–Trinajstić information content (AvgIpc) is 3.11. The summed E-state index contributed by atoms with van der Waals surface area (Å²) >= 11 is 0. The Hall–Kier alpha value is -3.40. The number of benzene rings is 3. The van der Waals surface area contributed by atoms with Gasteiger partial charge in [-0.1, -0.05) is 42.5 Å². The maximum atomic E-state index is 12.3. The Kier molecular flexibility index (Phi) is 4.01. The largest absolute Gasteiger partial charge is 0.436 e. The zero-order valence-electron chi connectivity index (χ0n) is 13.5. The van der Waals surface area contributed by atoms with E-state index >= 15 is 0 Å². The van der Waals surface area contributed by atoms with E-state index in [1.807, 2.05) is 66.7 Å². The molecule has 25 heavy (non-hydrogen) atoms. The van der Waals surface area contributed by atoms with E-state index < -0.39 is 0 Å². The summed E-state index contributed by atoms with van der Waals surface area (Å²) in [7, 11) is 0. The smallest absolute Gasteiger partial charge is 0.251 e. The molecule has 0 fully saturated rings. The number of nitrogens with one attached hydrogen (secondary N) is 1. The van der Waals surface area contributed by atoms with Crippen LogP contribution in [0.15, 0.2) is 83.3 Å². The molecule has 1 amide bonds. The van der Waals surface area contributed by atoms with E-state index in [2.05, 4.69) is 10.3 Å². The van der Waals surface area contributed by atoms with E-state index in [0.717, 1.165) is 22.2 Å². The summed E-state index contributed by atoms with van der Waals surface area (Å²) in [6.07, 6.45) is 0. The first-order valence-corrected chi connectivity index (χ1v) is 8.08.